The van der Waals surface area contributed by atoms with Crippen LogP contribution >= 0.6 is 11.6 Å². The lowest BCUT2D eigenvalue weighted by Gasteiger charge is -2.33. The molecule has 2 atom stereocenters. The Hall–Kier alpha value is -3.74. The van der Waals surface area contributed by atoms with Crippen LogP contribution < -0.4 is 10.6 Å². The molecular formula is C33H36ClN7O4S. The minimum Gasteiger partial charge on any atom is -0.348 e. The van der Waals surface area contributed by atoms with Gasteiger partial charge in [-0.1, -0.05) is 23.7 Å². The number of aromatic nitrogens is 4. The molecule has 11 nitrogen and oxygen atoms in total. The van der Waals surface area contributed by atoms with E-state index < -0.39 is 10.0 Å². The molecular weight excluding hydrogens is 626 g/mol. The summed E-state index contributed by atoms with van der Waals surface area (Å²) in [5, 5.41) is 12.1. The second-order valence-corrected chi connectivity index (χ2v) is 15.5. The van der Waals surface area contributed by atoms with E-state index >= 15 is 0 Å². The molecule has 2 N–H and O–H groups in total. The Morgan fingerprint density at radius 3 is 2.48 bits per heavy atom. The number of benzene rings is 2. The maximum Gasteiger partial charge on any atom is 0.284 e. The second kappa shape index (κ2) is 11.2. The van der Waals surface area contributed by atoms with Gasteiger partial charge in [0.15, 0.2) is 5.82 Å². The van der Waals surface area contributed by atoms with Crippen molar-refractivity contribution in [3.63, 3.8) is 0 Å². The molecule has 8 rings (SSSR count). The number of fused-ring (bicyclic) bond motifs is 3. The molecule has 4 aromatic rings. The van der Waals surface area contributed by atoms with Crippen LogP contribution in [0.1, 0.15) is 83.4 Å². The van der Waals surface area contributed by atoms with Gasteiger partial charge in [0.2, 0.25) is 5.91 Å². The van der Waals surface area contributed by atoms with Crippen LogP contribution in [0.5, 0.6) is 0 Å². The smallest absolute Gasteiger partial charge is 0.284 e. The zero-order valence-corrected chi connectivity index (χ0v) is 27.1. The Kier molecular flexibility index (Phi) is 7.22. The van der Waals surface area contributed by atoms with Gasteiger partial charge in [0.1, 0.15) is 12.9 Å². The SMILES string of the molecule is Cc1cc(Cl)cc2c(C(=O)NCc3cccc(S(=O)(=O)n4cnc(C5CC5)n4)c3)c(C3CC3)n(CC(=O)N3CC4CCC(C3)N4)c12. The highest BCUT2D eigenvalue weighted by Gasteiger charge is 2.38. The van der Waals surface area contributed by atoms with Crippen molar-refractivity contribution in [1.29, 1.82) is 0 Å². The monoisotopic (exact) mass is 661 g/mol. The zero-order valence-electron chi connectivity index (χ0n) is 25.6. The van der Waals surface area contributed by atoms with Crippen LogP contribution in [-0.2, 0) is 27.9 Å². The summed E-state index contributed by atoms with van der Waals surface area (Å²) in [6.07, 6.45) is 7.26. The van der Waals surface area contributed by atoms with Gasteiger partial charge in [0.25, 0.3) is 15.9 Å². The third kappa shape index (κ3) is 5.39. The highest BCUT2D eigenvalue weighted by atomic mass is 35.5. The van der Waals surface area contributed by atoms with E-state index in [1.165, 1.54) is 12.4 Å². The van der Waals surface area contributed by atoms with Crippen molar-refractivity contribution in [3.05, 3.63) is 76.0 Å². The van der Waals surface area contributed by atoms with Gasteiger partial charge in [-0.3, -0.25) is 9.59 Å². The molecule has 2 saturated carbocycles. The number of likely N-dealkylation sites (tertiary alicyclic amines) is 1. The standard InChI is InChI=1S/C33H36ClN7O4S/c1-19-11-23(34)13-27-29(31(21-5-6-21)40(30(19)27)17-28(42)39-15-24-9-10-25(16-39)37-24)33(43)35-14-20-3-2-4-26(12-20)46(44,45)41-18-36-32(38-41)22-7-8-22/h2-4,11-13,18,21-22,24-25,37H,5-10,14-17H2,1H3,(H,35,43). The maximum absolute atomic E-state index is 14.1. The number of carbonyl (C=O) groups is 2. The van der Waals surface area contributed by atoms with Gasteiger partial charge < -0.3 is 20.1 Å². The van der Waals surface area contributed by atoms with Crippen LogP contribution in [-0.4, -0.2) is 69.0 Å². The summed E-state index contributed by atoms with van der Waals surface area (Å²) in [7, 11) is -3.93. The first-order chi connectivity index (χ1) is 22.2. The molecule has 2 aromatic heterocycles. The lowest BCUT2D eigenvalue weighted by atomic mass is 10.1. The first kappa shape index (κ1) is 29.6. The Balaban J connectivity index is 1.08. The summed E-state index contributed by atoms with van der Waals surface area (Å²) in [4.78, 5) is 34.0. The molecule has 240 valence electrons. The number of nitrogens with one attached hydrogen (secondary N) is 2. The topological polar surface area (TPSA) is 131 Å². The average Bonchev–Trinajstić information content (AvgIpc) is 3.96. The molecule has 2 aliphatic carbocycles. The fourth-order valence-electron chi connectivity index (χ4n) is 7.20. The summed E-state index contributed by atoms with van der Waals surface area (Å²) in [5.74, 6) is 0.745. The Labute approximate surface area is 272 Å². The number of rotatable bonds is 9. The summed E-state index contributed by atoms with van der Waals surface area (Å²) in [6.45, 7) is 3.67. The van der Waals surface area contributed by atoms with Crippen molar-refractivity contribution in [3.8, 4) is 0 Å². The molecule has 2 saturated heterocycles. The number of carbonyl (C=O) groups excluding carboxylic acids is 2. The largest absolute Gasteiger partial charge is 0.348 e. The maximum atomic E-state index is 14.1. The lowest BCUT2D eigenvalue weighted by Crippen LogP contribution is -2.53. The van der Waals surface area contributed by atoms with Crippen molar-refractivity contribution < 1.29 is 18.0 Å². The summed E-state index contributed by atoms with van der Waals surface area (Å²) < 4.78 is 29.6. The zero-order chi connectivity index (χ0) is 31.7. The number of aryl methyl sites for hydroxylation is 1. The minimum absolute atomic E-state index is 0.0631. The van der Waals surface area contributed by atoms with Crippen molar-refractivity contribution >= 4 is 44.3 Å². The number of hydrogen-bond acceptors (Lipinski definition) is 7. The van der Waals surface area contributed by atoms with E-state index in [2.05, 4.69) is 25.3 Å². The molecule has 2 aliphatic heterocycles. The van der Waals surface area contributed by atoms with Crippen LogP contribution in [0.3, 0.4) is 0 Å². The predicted octanol–water partition coefficient (Wildman–Crippen LogP) is 4.08. The van der Waals surface area contributed by atoms with Gasteiger partial charge in [-0.2, -0.15) is 8.42 Å². The van der Waals surface area contributed by atoms with E-state index in [0.717, 1.165) is 64.8 Å². The Morgan fingerprint density at radius 2 is 1.76 bits per heavy atom. The van der Waals surface area contributed by atoms with E-state index in [9.17, 15) is 18.0 Å². The third-order valence-electron chi connectivity index (χ3n) is 9.73. The number of halogens is 1. The number of nitrogens with zero attached hydrogens (tertiary/aromatic N) is 5. The molecule has 0 radical (unpaired) electrons. The molecule has 2 aromatic carbocycles. The van der Waals surface area contributed by atoms with Crippen LogP contribution in [0, 0.1) is 6.92 Å². The molecule has 2 bridgehead atoms. The molecule has 4 aliphatic rings. The van der Waals surface area contributed by atoms with Crippen molar-refractivity contribution in [2.24, 2.45) is 0 Å². The molecule has 13 heteroatoms. The van der Waals surface area contributed by atoms with Gasteiger partial charge in [-0.25, -0.2) is 4.98 Å². The van der Waals surface area contributed by atoms with Gasteiger partial charge in [-0.15, -0.1) is 9.19 Å². The fraction of sp³-hybridized carbons (Fsp3) is 0.455. The van der Waals surface area contributed by atoms with E-state index in [4.69, 9.17) is 11.6 Å². The molecule has 2 amide bonds. The van der Waals surface area contributed by atoms with Gasteiger partial charge in [0.05, 0.1) is 16.0 Å². The normalized spacial score (nSPS) is 21.2. The van der Waals surface area contributed by atoms with E-state index in [1.807, 2.05) is 24.0 Å². The molecule has 2 unspecified atom stereocenters. The van der Waals surface area contributed by atoms with Crippen LogP contribution in [0.4, 0.5) is 0 Å². The van der Waals surface area contributed by atoms with E-state index in [1.54, 1.807) is 18.2 Å². The Morgan fingerprint density at radius 1 is 1.02 bits per heavy atom. The van der Waals surface area contributed by atoms with Gasteiger partial charge >= 0.3 is 0 Å². The predicted molar refractivity (Wildman–Crippen MR) is 172 cm³/mol. The van der Waals surface area contributed by atoms with Gasteiger partial charge in [0, 0.05) is 59.7 Å². The number of amides is 2. The minimum atomic E-state index is -3.93. The first-order valence-electron chi connectivity index (χ1n) is 16.1. The van der Waals surface area contributed by atoms with E-state index in [-0.39, 0.29) is 41.6 Å². The quantitative estimate of drug-likeness (QED) is 0.276. The number of hydrogen-bond donors (Lipinski definition) is 2. The highest BCUT2D eigenvalue weighted by Crippen LogP contribution is 2.46. The lowest BCUT2D eigenvalue weighted by molar-refractivity contribution is -0.133. The summed E-state index contributed by atoms with van der Waals surface area (Å²) in [5.41, 5.74) is 3.81. The molecule has 46 heavy (non-hydrogen) atoms. The highest BCUT2D eigenvalue weighted by molar-refractivity contribution is 7.89. The third-order valence-corrected chi connectivity index (χ3v) is 11.5. The van der Waals surface area contributed by atoms with Crippen LogP contribution in [0.2, 0.25) is 5.02 Å². The molecule has 4 heterocycles. The van der Waals surface area contributed by atoms with Crippen LogP contribution in [0.15, 0.2) is 47.6 Å². The fourth-order valence-corrected chi connectivity index (χ4v) is 8.60. The second-order valence-electron chi connectivity index (χ2n) is 13.3. The number of piperazine rings is 1. The molecule has 4 fully saturated rings. The van der Waals surface area contributed by atoms with Crippen molar-refractivity contribution in [2.75, 3.05) is 13.1 Å². The van der Waals surface area contributed by atoms with E-state index in [0.29, 0.717) is 47.1 Å². The van der Waals surface area contributed by atoms with Crippen LogP contribution in [0.25, 0.3) is 10.9 Å². The van der Waals surface area contributed by atoms with Crippen molar-refractivity contribution in [2.45, 2.75) is 87.4 Å². The summed E-state index contributed by atoms with van der Waals surface area (Å²) in [6, 6.07) is 10.9. The van der Waals surface area contributed by atoms with Gasteiger partial charge in [-0.05, 0) is 80.8 Å². The Bertz CT molecular complexity index is 1980. The molecule has 0 spiro atoms. The summed E-state index contributed by atoms with van der Waals surface area (Å²) >= 11 is 6.54. The average molecular weight is 662 g/mol. The van der Waals surface area contributed by atoms with Crippen molar-refractivity contribution in [1.82, 2.24) is 34.3 Å². The first-order valence-corrected chi connectivity index (χ1v) is 17.9.